The quantitative estimate of drug-likeness (QED) is 0.866. The lowest BCUT2D eigenvalue weighted by Gasteiger charge is -2.33. The van der Waals surface area contributed by atoms with Crippen LogP contribution in [-0.4, -0.2) is 43.8 Å². The molecule has 1 aliphatic carbocycles. The van der Waals surface area contributed by atoms with Gasteiger partial charge >= 0.3 is 0 Å². The molecule has 1 aliphatic heterocycles. The second-order valence-electron chi connectivity index (χ2n) is 7.78. The van der Waals surface area contributed by atoms with E-state index in [-0.39, 0.29) is 6.04 Å². The van der Waals surface area contributed by atoms with Gasteiger partial charge < -0.3 is 4.90 Å². The summed E-state index contributed by atoms with van der Waals surface area (Å²) in [5, 5.41) is 1.25. The van der Waals surface area contributed by atoms with Crippen LogP contribution in [0.3, 0.4) is 0 Å². The zero-order chi connectivity index (χ0) is 18.5. The van der Waals surface area contributed by atoms with Crippen LogP contribution in [0.15, 0.2) is 0 Å². The van der Waals surface area contributed by atoms with Crippen molar-refractivity contribution in [3.05, 3.63) is 16.3 Å². The third kappa shape index (κ3) is 3.59. The van der Waals surface area contributed by atoms with E-state index in [1.54, 1.807) is 0 Å². The number of aryl methyl sites for hydroxylation is 2. The van der Waals surface area contributed by atoms with Gasteiger partial charge in [0, 0.05) is 24.0 Å². The average molecular weight is 395 g/mol. The van der Waals surface area contributed by atoms with Gasteiger partial charge in [-0.2, -0.15) is 0 Å². The van der Waals surface area contributed by atoms with Crippen molar-refractivity contribution in [2.45, 2.75) is 52.0 Å². The molecule has 6 nitrogen and oxygen atoms in total. The average Bonchev–Trinajstić information content (AvgIpc) is 2.90. The second kappa shape index (κ2) is 6.73. The Labute approximate surface area is 159 Å². The first-order valence-electron chi connectivity index (χ1n) is 9.31. The summed E-state index contributed by atoms with van der Waals surface area (Å²) >= 11 is 1.83. The third-order valence-corrected chi connectivity index (χ3v) is 7.33. The van der Waals surface area contributed by atoms with Gasteiger partial charge in [-0.25, -0.2) is 23.1 Å². The van der Waals surface area contributed by atoms with E-state index >= 15 is 0 Å². The van der Waals surface area contributed by atoms with Gasteiger partial charge in [-0.15, -0.1) is 11.3 Å². The van der Waals surface area contributed by atoms with Gasteiger partial charge in [-0.05, 0) is 50.5 Å². The van der Waals surface area contributed by atoms with Gasteiger partial charge in [0.15, 0.2) is 0 Å². The number of rotatable bonds is 3. The Morgan fingerprint density at radius 1 is 1.19 bits per heavy atom. The molecule has 1 fully saturated rings. The molecule has 1 saturated heterocycles. The number of hydrogen-bond donors (Lipinski definition) is 1. The molecule has 1 atom stereocenters. The minimum Gasteiger partial charge on any atom is -0.356 e. The molecule has 2 aliphatic rings. The minimum absolute atomic E-state index is 0.0249. The monoisotopic (exact) mass is 394 g/mol. The third-order valence-electron chi connectivity index (χ3n) is 5.42. The highest BCUT2D eigenvalue weighted by Gasteiger charge is 2.28. The number of aromatic nitrogens is 2. The van der Waals surface area contributed by atoms with E-state index in [0.717, 1.165) is 61.2 Å². The van der Waals surface area contributed by atoms with Crippen molar-refractivity contribution in [1.29, 1.82) is 0 Å². The molecule has 0 bridgehead atoms. The summed E-state index contributed by atoms with van der Waals surface area (Å²) in [5.74, 6) is 2.61. The standard InChI is InChI=1S/C18H26N4O2S2/c1-11-4-5-14-15(10-11)25-18-16(14)17(19-12(2)20-18)22-8-6-13(7-9-22)21-26(3,23)24/h11,13,21H,4-10H2,1-3H3. The highest BCUT2D eigenvalue weighted by Crippen LogP contribution is 2.41. The number of sulfonamides is 1. The van der Waals surface area contributed by atoms with Crippen LogP contribution in [0.4, 0.5) is 5.82 Å². The van der Waals surface area contributed by atoms with Gasteiger partial charge in [0.25, 0.3) is 0 Å². The maximum Gasteiger partial charge on any atom is 0.208 e. The molecule has 142 valence electrons. The van der Waals surface area contributed by atoms with Crippen molar-refractivity contribution < 1.29 is 8.42 Å². The molecule has 1 N–H and O–H groups in total. The van der Waals surface area contributed by atoms with E-state index < -0.39 is 10.0 Å². The molecule has 2 aromatic heterocycles. The number of anilines is 1. The van der Waals surface area contributed by atoms with Crippen LogP contribution in [0.2, 0.25) is 0 Å². The maximum atomic E-state index is 11.5. The number of thiophene rings is 1. The highest BCUT2D eigenvalue weighted by molar-refractivity contribution is 7.88. The lowest BCUT2D eigenvalue weighted by atomic mass is 9.89. The van der Waals surface area contributed by atoms with E-state index in [9.17, 15) is 8.42 Å². The predicted molar refractivity (Wildman–Crippen MR) is 107 cm³/mol. The smallest absolute Gasteiger partial charge is 0.208 e. The molecule has 26 heavy (non-hydrogen) atoms. The number of piperidine rings is 1. The largest absolute Gasteiger partial charge is 0.356 e. The van der Waals surface area contributed by atoms with E-state index in [1.807, 2.05) is 18.3 Å². The molecule has 4 rings (SSSR count). The molecule has 3 heterocycles. The Balaban J connectivity index is 1.65. The fourth-order valence-corrected chi connectivity index (χ4v) is 6.43. The fraction of sp³-hybridized carbons (Fsp3) is 0.667. The zero-order valence-corrected chi connectivity index (χ0v) is 17.2. The summed E-state index contributed by atoms with van der Waals surface area (Å²) in [6, 6.07) is 0.0249. The molecule has 0 spiro atoms. The van der Waals surface area contributed by atoms with Gasteiger partial charge in [0.1, 0.15) is 16.5 Å². The molecule has 0 aromatic carbocycles. The molecular weight excluding hydrogens is 368 g/mol. The summed E-state index contributed by atoms with van der Waals surface area (Å²) < 4.78 is 25.7. The summed E-state index contributed by atoms with van der Waals surface area (Å²) in [7, 11) is -3.15. The summed E-state index contributed by atoms with van der Waals surface area (Å²) in [6.07, 6.45) is 6.33. The Bertz CT molecular complexity index is 930. The van der Waals surface area contributed by atoms with Crippen LogP contribution >= 0.6 is 11.3 Å². The fourth-order valence-electron chi connectivity index (χ4n) is 4.17. The normalized spacial score (nSPS) is 22.0. The van der Waals surface area contributed by atoms with E-state index in [0.29, 0.717) is 0 Å². The Morgan fingerprint density at radius 2 is 1.92 bits per heavy atom. The molecule has 2 aromatic rings. The Hall–Kier alpha value is -1.25. The molecule has 8 heteroatoms. The molecular formula is C18H26N4O2S2. The van der Waals surface area contributed by atoms with Crippen molar-refractivity contribution in [1.82, 2.24) is 14.7 Å². The minimum atomic E-state index is -3.15. The molecule has 0 radical (unpaired) electrons. The lowest BCUT2D eigenvalue weighted by Crippen LogP contribution is -2.44. The first-order chi connectivity index (χ1) is 12.3. The van der Waals surface area contributed by atoms with E-state index in [2.05, 4.69) is 16.5 Å². The number of hydrogen-bond acceptors (Lipinski definition) is 6. The molecule has 1 unspecified atom stereocenters. The van der Waals surface area contributed by atoms with Crippen LogP contribution < -0.4 is 9.62 Å². The van der Waals surface area contributed by atoms with Crippen LogP contribution in [0, 0.1) is 12.8 Å². The number of nitrogens with one attached hydrogen (secondary N) is 1. The summed E-state index contributed by atoms with van der Waals surface area (Å²) in [4.78, 5) is 14.4. The Kier molecular flexibility index (Phi) is 4.69. The topological polar surface area (TPSA) is 75.2 Å². The van der Waals surface area contributed by atoms with Gasteiger partial charge in [-0.1, -0.05) is 6.92 Å². The highest BCUT2D eigenvalue weighted by atomic mass is 32.2. The molecule has 0 saturated carbocycles. The summed E-state index contributed by atoms with van der Waals surface area (Å²) in [6.45, 7) is 5.92. The second-order valence-corrected chi connectivity index (χ2v) is 10.6. The zero-order valence-electron chi connectivity index (χ0n) is 15.6. The van der Waals surface area contributed by atoms with Crippen LogP contribution in [-0.2, 0) is 22.9 Å². The number of nitrogens with zero attached hydrogens (tertiary/aromatic N) is 3. The van der Waals surface area contributed by atoms with Crippen LogP contribution in [0.25, 0.3) is 10.2 Å². The predicted octanol–water partition coefficient (Wildman–Crippen LogP) is 2.64. The summed E-state index contributed by atoms with van der Waals surface area (Å²) in [5.41, 5.74) is 1.45. The SMILES string of the molecule is Cc1nc(N2CCC(NS(C)(=O)=O)CC2)c2c3c(sc2n1)CC(C)CC3. The first-order valence-corrected chi connectivity index (χ1v) is 12.0. The lowest BCUT2D eigenvalue weighted by molar-refractivity contribution is 0.460. The van der Waals surface area contributed by atoms with Crippen molar-refractivity contribution in [3.8, 4) is 0 Å². The van der Waals surface area contributed by atoms with E-state index in [4.69, 9.17) is 9.97 Å². The van der Waals surface area contributed by atoms with Crippen LogP contribution in [0.1, 0.15) is 42.5 Å². The van der Waals surface area contributed by atoms with Gasteiger partial charge in [0.05, 0.1) is 11.6 Å². The van der Waals surface area contributed by atoms with Crippen LogP contribution in [0.5, 0.6) is 0 Å². The maximum absolute atomic E-state index is 11.5. The Morgan fingerprint density at radius 3 is 2.62 bits per heavy atom. The van der Waals surface area contributed by atoms with Crippen molar-refractivity contribution in [2.24, 2.45) is 5.92 Å². The number of fused-ring (bicyclic) bond motifs is 3. The molecule has 0 amide bonds. The van der Waals surface area contributed by atoms with Crippen molar-refractivity contribution in [2.75, 3.05) is 24.2 Å². The van der Waals surface area contributed by atoms with Crippen molar-refractivity contribution in [3.63, 3.8) is 0 Å². The first kappa shape index (κ1) is 18.1. The van der Waals surface area contributed by atoms with Gasteiger partial charge in [-0.3, -0.25) is 0 Å². The van der Waals surface area contributed by atoms with E-state index in [1.165, 1.54) is 28.5 Å². The van der Waals surface area contributed by atoms with Gasteiger partial charge in [0.2, 0.25) is 10.0 Å². The van der Waals surface area contributed by atoms with Crippen molar-refractivity contribution >= 4 is 37.4 Å².